The topological polar surface area (TPSA) is 43.4 Å². The van der Waals surface area contributed by atoms with Gasteiger partial charge in [-0.2, -0.15) is 0 Å². The Kier molecular flexibility index (Phi) is 3.97. The first-order valence-electron chi connectivity index (χ1n) is 5.95. The van der Waals surface area contributed by atoms with Crippen molar-refractivity contribution in [1.82, 2.24) is 0 Å². The quantitative estimate of drug-likeness (QED) is 0.486. The van der Waals surface area contributed by atoms with E-state index >= 15 is 0 Å². The summed E-state index contributed by atoms with van der Waals surface area (Å²) < 4.78 is 4.60. The molecule has 0 aliphatic heterocycles. The molecular weight excluding hydrogens is 252 g/mol. The van der Waals surface area contributed by atoms with Crippen LogP contribution in [0, 0.1) is 12.3 Å². The van der Waals surface area contributed by atoms with Crippen molar-refractivity contribution in [3.63, 3.8) is 0 Å². The third-order valence-electron chi connectivity index (χ3n) is 2.88. The standard InChI is InChI=1S/C17H12O3/c1-3-12-4-6-13(7-5-12)16(18)14-8-10-15(11-9-14)17(19)20-2/h1,4-11H,2H3. The summed E-state index contributed by atoms with van der Waals surface area (Å²) in [4.78, 5) is 23.5. The maximum Gasteiger partial charge on any atom is 0.337 e. The van der Waals surface area contributed by atoms with Crippen LogP contribution in [0.2, 0.25) is 0 Å². The van der Waals surface area contributed by atoms with Crippen LogP contribution in [-0.2, 0) is 4.74 Å². The highest BCUT2D eigenvalue weighted by Crippen LogP contribution is 2.12. The SMILES string of the molecule is C#Cc1ccc(C(=O)c2ccc(C(=O)OC)cc2)cc1. The molecule has 20 heavy (non-hydrogen) atoms. The molecule has 3 nitrogen and oxygen atoms in total. The van der Waals surface area contributed by atoms with Gasteiger partial charge in [-0.15, -0.1) is 6.42 Å². The van der Waals surface area contributed by atoms with E-state index in [4.69, 9.17) is 6.42 Å². The van der Waals surface area contributed by atoms with Gasteiger partial charge in [0, 0.05) is 16.7 Å². The first-order chi connectivity index (χ1) is 9.65. The van der Waals surface area contributed by atoms with Crippen molar-refractivity contribution in [2.45, 2.75) is 0 Å². The largest absolute Gasteiger partial charge is 0.465 e. The number of carbonyl (C=O) groups is 2. The van der Waals surface area contributed by atoms with Crippen LogP contribution >= 0.6 is 0 Å². The lowest BCUT2D eigenvalue weighted by Gasteiger charge is -2.03. The Bertz CT molecular complexity index is 674. The zero-order valence-corrected chi connectivity index (χ0v) is 10.9. The highest BCUT2D eigenvalue weighted by Gasteiger charge is 2.10. The molecule has 0 aliphatic rings. The minimum atomic E-state index is -0.428. The number of ketones is 1. The maximum absolute atomic E-state index is 12.2. The predicted octanol–water partition coefficient (Wildman–Crippen LogP) is 2.69. The van der Waals surface area contributed by atoms with E-state index in [0.717, 1.165) is 5.56 Å². The van der Waals surface area contributed by atoms with Crippen LogP contribution in [-0.4, -0.2) is 18.9 Å². The molecule has 98 valence electrons. The molecule has 2 aromatic carbocycles. The van der Waals surface area contributed by atoms with Crippen molar-refractivity contribution < 1.29 is 14.3 Å². The van der Waals surface area contributed by atoms with E-state index in [-0.39, 0.29) is 5.78 Å². The average molecular weight is 264 g/mol. The number of ether oxygens (including phenoxy) is 1. The summed E-state index contributed by atoms with van der Waals surface area (Å²) in [6, 6.07) is 13.1. The zero-order valence-electron chi connectivity index (χ0n) is 10.9. The maximum atomic E-state index is 12.2. The number of benzene rings is 2. The Labute approximate surface area is 117 Å². The Morgan fingerprint density at radius 1 is 0.900 bits per heavy atom. The summed E-state index contributed by atoms with van der Waals surface area (Å²) in [5, 5.41) is 0. The van der Waals surface area contributed by atoms with E-state index in [1.807, 2.05) is 0 Å². The van der Waals surface area contributed by atoms with Crippen molar-refractivity contribution in [2.24, 2.45) is 0 Å². The van der Waals surface area contributed by atoms with Gasteiger partial charge in [0.05, 0.1) is 12.7 Å². The lowest BCUT2D eigenvalue weighted by atomic mass is 10.0. The summed E-state index contributed by atoms with van der Waals surface area (Å²) in [5.41, 5.74) is 2.19. The van der Waals surface area contributed by atoms with Gasteiger partial charge in [0.15, 0.2) is 5.78 Å². The fourth-order valence-electron chi connectivity index (χ4n) is 1.76. The van der Waals surface area contributed by atoms with E-state index in [0.29, 0.717) is 16.7 Å². The Morgan fingerprint density at radius 2 is 1.35 bits per heavy atom. The fraction of sp³-hybridized carbons (Fsp3) is 0.0588. The third-order valence-corrected chi connectivity index (χ3v) is 2.88. The first kappa shape index (κ1) is 13.6. The molecule has 0 heterocycles. The number of hydrogen-bond acceptors (Lipinski definition) is 3. The molecule has 2 rings (SSSR count). The van der Waals surface area contributed by atoms with E-state index < -0.39 is 5.97 Å². The van der Waals surface area contributed by atoms with Crippen LogP contribution < -0.4 is 0 Å². The molecule has 0 N–H and O–H groups in total. The molecule has 0 saturated heterocycles. The molecule has 0 atom stereocenters. The molecule has 0 unspecified atom stereocenters. The van der Waals surface area contributed by atoms with Gasteiger partial charge in [-0.25, -0.2) is 4.79 Å². The monoisotopic (exact) mass is 264 g/mol. The number of rotatable bonds is 3. The lowest BCUT2D eigenvalue weighted by molar-refractivity contribution is 0.0600. The average Bonchev–Trinajstić information content (AvgIpc) is 2.53. The summed E-state index contributed by atoms with van der Waals surface area (Å²) in [5.74, 6) is 1.95. The molecule has 0 aromatic heterocycles. The number of hydrogen-bond donors (Lipinski definition) is 0. The van der Waals surface area contributed by atoms with Crippen LogP contribution in [0.5, 0.6) is 0 Å². The van der Waals surface area contributed by atoms with Gasteiger partial charge in [-0.05, 0) is 36.4 Å². The van der Waals surface area contributed by atoms with E-state index in [2.05, 4.69) is 10.7 Å². The Hall–Kier alpha value is -2.86. The van der Waals surface area contributed by atoms with Crippen molar-refractivity contribution in [3.05, 3.63) is 70.8 Å². The van der Waals surface area contributed by atoms with Gasteiger partial charge in [0.1, 0.15) is 0 Å². The first-order valence-corrected chi connectivity index (χ1v) is 5.95. The van der Waals surface area contributed by atoms with Gasteiger partial charge in [-0.3, -0.25) is 4.79 Å². The number of esters is 1. The van der Waals surface area contributed by atoms with E-state index in [9.17, 15) is 9.59 Å². The van der Waals surface area contributed by atoms with E-state index in [1.165, 1.54) is 7.11 Å². The zero-order chi connectivity index (χ0) is 14.5. The number of carbonyl (C=O) groups excluding carboxylic acids is 2. The highest BCUT2D eigenvalue weighted by atomic mass is 16.5. The molecule has 0 bridgehead atoms. The predicted molar refractivity (Wildman–Crippen MR) is 75.6 cm³/mol. The van der Waals surface area contributed by atoms with Crippen LogP contribution in [0.15, 0.2) is 48.5 Å². The molecule has 0 spiro atoms. The van der Waals surface area contributed by atoms with Gasteiger partial charge in [0.2, 0.25) is 0 Å². The molecule has 0 aliphatic carbocycles. The molecule has 0 saturated carbocycles. The van der Waals surface area contributed by atoms with Gasteiger partial charge >= 0.3 is 5.97 Å². The van der Waals surface area contributed by atoms with Gasteiger partial charge < -0.3 is 4.74 Å². The van der Waals surface area contributed by atoms with Crippen molar-refractivity contribution in [2.75, 3.05) is 7.11 Å². The fourth-order valence-corrected chi connectivity index (χ4v) is 1.76. The van der Waals surface area contributed by atoms with Crippen LogP contribution in [0.3, 0.4) is 0 Å². The van der Waals surface area contributed by atoms with Crippen molar-refractivity contribution >= 4 is 11.8 Å². The smallest absolute Gasteiger partial charge is 0.337 e. The van der Waals surface area contributed by atoms with Crippen molar-refractivity contribution in [3.8, 4) is 12.3 Å². The second-order valence-corrected chi connectivity index (χ2v) is 4.12. The summed E-state index contributed by atoms with van der Waals surface area (Å²) in [6.45, 7) is 0. The molecule has 0 fully saturated rings. The molecule has 3 heteroatoms. The van der Waals surface area contributed by atoms with Gasteiger partial charge in [0.25, 0.3) is 0 Å². The van der Waals surface area contributed by atoms with Crippen LogP contribution in [0.25, 0.3) is 0 Å². The number of methoxy groups -OCH3 is 1. The minimum absolute atomic E-state index is 0.120. The molecular formula is C17H12O3. The number of terminal acetylenes is 1. The van der Waals surface area contributed by atoms with Crippen LogP contribution in [0.4, 0.5) is 0 Å². The second kappa shape index (κ2) is 5.85. The highest BCUT2D eigenvalue weighted by molar-refractivity contribution is 6.09. The molecule has 0 amide bonds. The summed E-state index contributed by atoms with van der Waals surface area (Å²) >= 11 is 0. The third kappa shape index (κ3) is 2.76. The molecule has 2 aromatic rings. The van der Waals surface area contributed by atoms with Gasteiger partial charge in [-0.1, -0.05) is 18.1 Å². The van der Waals surface area contributed by atoms with E-state index in [1.54, 1.807) is 48.5 Å². The lowest BCUT2D eigenvalue weighted by Crippen LogP contribution is -2.04. The molecule has 0 radical (unpaired) electrons. The summed E-state index contributed by atoms with van der Waals surface area (Å²) in [6.07, 6.45) is 5.27. The Morgan fingerprint density at radius 3 is 1.80 bits per heavy atom. The van der Waals surface area contributed by atoms with Crippen molar-refractivity contribution in [1.29, 1.82) is 0 Å². The van der Waals surface area contributed by atoms with Crippen LogP contribution in [0.1, 0.15) is 31.8 Å². The minimum Gasteiger partial charge on any atom is -0.465 e. The second-order valence-electron chi connectivity index (χ2n) is 4.12. The summed E-state index contributed by atoms with van der Waals surface area (Å²) in [7, 11) is 1.31. The normalized spacial score (nSPS) is 9.60. The Balaban J connectivity index is 2.24.